The van der Waals surface area contributed by atoms with Crippen molar-refractivity contribution in [3.63, 3.8) is 0 Å². The van der Waals surface area contributed by atoms with Crippen molar-refractivity contribution in [3.8, 4) is 17.2 Å². The molecule has 1 aliphatic rings. The molecule has 0 saturated carbocycles. The first-order valence-corrected chi connectivity index (χ1v) is 11.4. The summed E-state index contributed by atoms with van der Waals surface area (Å²) in [6, 6.07) is 20.6. The number of amides is 1. The number of likely N-dealkylation sites (tertiary alicyclic amines) is 1. The Labute approximate surface area is 200 Å². The molecule has 3 aromatic rings. The molecule has 7 heteroatoms. The van der Waals surface area contributed by atoms with E-state index in [9.17, 15) is 4.79 Å². The van der Waals surface area contributed by atoms with Crippen molar-refractivity contribution in [2.24, 2.45) is 5.92 Å². The van der Waals surface area contributed by atoms with E-state index in [4.69, 9.17) is 11.0 Å². The molecule has 34 heavy (non-hydrogen) atoms. The predicted octanol–water partition coefficient (Wildman–Crippen LogP) is 4.05. The predicted molar refractivity (Wildman–Crippen MR) is 134 cm³/mol. The third kappa shape index (κ3) is 5.41. The minimum atomic E-state index is -0.268. The lowest BCUT2D eigenvalue weighted by Crippen LogP contribution is -2.40. The quantitative estimate of drug-likeness (QED) is 0.414. The average Bonchev–Trinajstić information content (AvgIpc) is 2.88. The zero-order chi connectivity index (χ0) is 23.9. The van der Waals surface area contributed by atoms with Gasteiger partial charge in [0.25, 0.3) is 5.91 Å². The number of nitriles is 1. The van der Waals surface area contributed by atoms with Crippen LogP contribution in [0.25, 0.3) is 11.1 Å². The van der Waals surface area contributed by atoms with Crippen LogP contribution in [0.4, 0.5) is 11.6 Å². The molecule has 2 heterocycles. The molecule has 0 unspecified atom stereocenters. The number of piperidine rings is 1. The van der Waals surface area contributed by atoms with Crippen molar-refractivity contribution in [3.05, 3.63) is 84.2 Å². The SMILES string of the molecule is C=C(C#N)C(=O)N1CCC(CNc2ncnc(N)c2-c2ccc(Cc3ccccc3)cc2)CC1. The Balaban J connectivity index is 1.40. The Morgan fingerprint density at radius 1 is 1.09 bits per heavy atom. The van der Waals surface area contributed by atoms with Crippen LogP contribution in [0.15, 0.2) is 73.1 Å². The molecule has 7 nitrogen and oxygen atoms in total. The summed E-state index contributed by atoms with van der Waals surface area (Å²) in [4.78, 5) is 22.5. The summed E-state index contributed by atoms with van der Waals surface area (Å²) in [6.07, 6.45) is 4.04. The Morgan fingerprint density at radius 2 is 1.76 bits per heavy atom. The lowest BCUT2D eigenvalue weighted by molar-refractivity contribution is -0.127. The second-order valence-corrected chi connectivity index (χ2v) is 8.55. The van der Waals surface area contributed by atoms with Crippen LogP contribution in [0.3, 0.4) is 0 Å². The van der Waals surface area contributed by atoms with E-state index in [0.29, 0.717) is 30.6 Å². The lowest BCUT2D eigenvalue weighted by atomic mass is 9.96. The molecule has 0 radical (unpaired) electrons. The van der Waals surface area contributed by atoms with E-state index in [1.54, 1.807) is 4.90 Å². The second kappa shape index (κ2) is 10.6. The van der Waals surface area contributed by atoms with Gasteiger partial charge in [-0.05, 0) is 41.9 Å². The van der Waals surface area contributed by atoms with Gasteiger partial charge < -0.3 is 16.0 Å². The van der Waals surface area contributed by atoms with Gasteiger partial charge >= 0.3 is 0 Å². The zero-order valence-electron chi connectivity index (χ0n) is 19.1. The number of benzene rings is 2. The van der Waals surface area contributed by atoms with Gasteiger partial charge in [0.05, 0.1) is 5.56 Å². The smallest absolute Gasteiger partial charge is 0.263 e. The molecule has 0 atom stereocenters. The lowest BCUT2D eigenvalue weighted by Gasteiger charge is -2.32. The standard InChI is InChI=1S/C27H28N6O/c1-19(16-28)27(34)33-13-11-22(12-14-33)17-30-26-24(25(29)31-18-32-26)23-9-7-21(8-10-23)15-20-5-3-2-4-6-20/h2-10,18,22H,1,11-15,17H2,(H3,29,30,31,32). The van der Waals surface area contributed by atoms with Crippen molar-refractivity contribution >= 4 is 17.5 Å². The number of carbonyl (C=O) groups is 1. The zero-order valence-corrected chi connectivity index (χ0v) is 19.1. The summed E-state index contributed by atoms with van der Waals surface area (Å²) in [5, 5.41) is 12.3. The number of nitrogen functional groups attached to an aromatic ring is 1. The summed E-state index contributed by atoms with van der Waals surface area (Å²) < 4.78 is 0. The first kappa shape index (κ1) is 23.0. The number of nitrogens with zero attached hydrogens (tertiary/aromatic N) is 4. The van der Waals surface area contributed by atoms with Crippen molar-refractivity contribution in [2.45, 2.75) is 19.3 Å². The third-order valence-electron chi connectivity index (χ3n) is 6.22. The first-order chi connectivity index (χ1) is 16.5. The van der Waals surface area contributed by atoms with E-state index < -0.39 is 0 Å². The van der Waals surface area contributed by atoms with Crippen LogP contribution < -0.4 is 11.1 Å². The fourth-order valence-corrected chi connectivity index (χ4v) is 4.26. The molecule has 1 aromatic heterocycles. The van der Waals surface area contributed by atoms with Crippen LogP contribution in [-0.4, -0.2) is 40.4 Å². The highest BCUT2D eigenvalue weighted by molar-refractivity contribution is 5.96. The maximum atomic E-state index is 12.1. The number of carbonyl (C=O) groups excluding carboxylic acids is 1. The maximum absolute atomic E-state index is 12.1. The number of anilines is 2. The van der Waals surface area contributed by atoms with Crippen molar-refractivity contribution < 1.29 is 4.79 Å². The summed E-state index contributed by atoms with van der Waals surface area (Å²) >= 11 is 0. The molecule has 4 rings (SSSR count). The number of hydrogen-bond donors (Lipinski definition) is 2. The van der Waals surface area contributed by atoms with Crippen molar-refractivity contribution in [2.75, 3.05) is 30.7 Å². The molecule has 1 aliphatic heterocycles. The van der Waals surface area contributed by atoms with Crippen LogP contribution in [0, 0.1) is 17.2 Å². The molecule has 1 amide bonds. The van der Waals surface area contributed by atoms with E-state index >= 15 is 0 Å². The highest BCUT2D eigenvalue weighted by Crippen LogP contribution is 2.31. The van der Waals surface area contributed by atoms with Crippen molar-refractivity contribution in [1.29, 1.82) is 5.26 Å². The topological polar surface area (TPSA) is 108 Å². The Kier molecular flexibility index (Phi) is 7.19. The van der Waals surface area contributed by atoms with Crippen LogP contribution >= 0.6 is 0 Å². The maximum Gasteiger partial charge on any atom is 0.263 e. The molecule has 0 spiro atoms. The highest BCUT2D eigenvalue weighted by atomic mass is 16.2. The second-order valence-electron chi connectivity index (χ2n) is 8.55. The van der Waals surface area contributed by atoms with E-state index in [1.807, 2.05) is 24.3 Å². The number of hydrogen-bond acceptors (Lipinski definition) is 6. The fourth-order valence-electron chi connectivity index (χ4n) is 4.26. The fraction of sp³-hybridized carbons (Fsp3) is 0.259. The van der Waals surface area contributed by atoms with Crippen LogP contribution in [0.2, 0.25) is 0 Å². The van der Waals surface area contributed by atoms with Gasteiger partial charge in [-0.1, -0.05) is 61.2 Å². The van der Waals surface area contributed by atoms with Gasteiger partial charge in [-0.25, -0.2) is 9.97 Å². The number of nitrogens with one attached hydrogen (secondary N) is 1. The number of aromatic nitrogens is 2. The molecule has 3 N–H and O–H groups in total. The van der Waals surface area contributed by atoms with Gasteiger partial charge in [-0.15, -0.1) is 0 Å². The van der Waals surface area contributed by atoms with E-state index in [0.717, 1.165) is 36.9 Å². The van der Waals surface area contributed by atoms with Gasteiger partial charge in [-0.3, -0.25) is 4.79 Å². The monoisotopic (exact) mass is 452 g/mol. The largest absolute Gasteiger partial charge is 0.383 e. The number of nitrogens with two attached hydrogens (primary N) is 1. The molecule has 1 fully saturated rings. The van der Waals surface area contributed by atoms with Crippen LogP contribution in [0.5, 0.6) is 0 Å². The van der Waals surface area contributed by atoms with Crippen LogP contribution in [0.1, 0.15) is 24.0 Å². The van der Waals surface area contributed by atoms with Gasteiger partial charge in [-0.2, -0.15) is 5.26 Å². The molecule has 172 valence electrons. The van der Waals surface area contributed by atoms with Gasteiger partial charge in [0.2, 0.25) is 0 Å². The minimum absolute atomic E-state index is 0.00698. The van der Waals surface area contributed by atoms with Crippen molar-refractivity contribution in [1.82, 2.24) is 14.9 Å². The Bertz CT molecular complexity index is 1190. The van der Waals surface area contributed by atoms with Gasteiger partial charge in [0, 0.05) is 19.6 Å². The highest BCUT2D eigenvalue weighted by Gasteiger charge is 2.24. The molecule has 0 bridgehead atoms. The normalized spacial score (nSPS) is 13.8. The van der Waals surface area contributed by atoms with Gasteiger partial charge in [0.1, 0.15) is 29.6 Å². The van der Waals surface area contributed by atoms with Crippen LogP contribution in [-0.2, 0) is 11.2 Å². The number of rotatable bonds is 7. The van der Waals surface area contributed by atoms with E-state index in [2.05, 4.69) is 58.3 Å². The van der Waals surface area contributed by atoms with E-state index in [-0.39, 0.29) is 11.5 Å². The van der Waals surface area contributed by atoms with E-state index in [1.165, 1.54) is 17.5 Å². The summed E-state index contributed by atoms with van der Waals surface area (Å²) in [5.74, 6) is 1.26. The molecule has 0 aliphatic carbocycles. The summed E-state index contributed by atoms with van der Waals surface area (Å²) in [5.41, 5.74) is 10.5. The summed E-state index contributed by atoms with van der Waals surface area (Å²) in [6.45, 7) is 5.48. The summed E-state index contributed by atoms with van der Waals surface area (Å²) in [7, 11) is 0. The minimum Gasteiger partial charge on any atom is -0.383 e. The average molecular weight is 453 g/mol. The molecular weight excluding hydrogens is 424 g/mol. The first-order valence-electron chi connectivity index (χ1n) is 11.4. The van der Waals surface area contributed by atoms with Gasteiger partial charge in [0.15, 0.2) is 0 Å². The third-order valence-corrected chi connectivity index (χ3v) is 6.22. The molecule has 1 saturated heterocycles. The molecule has 2 aromatic carbocycles. The molecular formula is C27H28N6O. The Morgan fingerprint density at radius 3 is 2.44 bits per heavy atom. The Hall–Kier alpha value is -4.18.